The molecule has 3 aromatic rings. The average molecular weight is 579 g/mol. The minimum Gasteiger partial charge on any atom is -0.481 e. The van der Waals surface area contributed by atoms with Gasteiger partial charge in [0.15, 0.2) is 5.52 Å². The van der Waals surface area contributed by atoms with Gasteiger partial charge in [-0.2, -0.15) is 0 Å². The first-order valence-corrected chi connectivity index (χ1v) is 13.8. The van der Waals surface area contributed by atoms with E-state index in [0.717, 1.165) is 58.9 Å². The zero-order valence-electron chi connectivity index (χ0n) is 21.8. The third-order valence-electron chi connectivity index (χ3n) is 7.36. The van der Waals surface area contributed by atoms with Gasteiger partial charge in [0.2, 0.25) is 0 Å². The number of rotatable bonds is 7. The second kappa shape index (κ2) is 10.8. The van der Waals surface area contributed by atoms with E-state index in [1.54, 1.807) is 16.5 Å². The monoisotopic (exact) mass is 578 g/mol. The maximum absolute atomic E-state index is 13.4. The lowest BCUT2D eigenvalue weighted by atomic mass is 9.85. The van der Waals surface area contributed by atoms with Crippen LogP contribution < -0.4 is 9.64 Å². The molecule has 0 bridgehead atoms. The van der Waals surface area contributed by atoms with E-state index in [4.69, 9.17) is 9.72 Å². The van der Waals surface area contributed by atoms with Crippen molar-refractivity contribution in [1.29, 1.82) is 0 Å². The summed E-state index contributed by atoms with van der Waals surface area (Å²) < 4.78 is 9.06. The molecule has 2 fully saturated rings. The van der Waals surface area contributed by atoms with Gasteiger partial charge in [-0.15, -0.1) is 5.10 Å². The van der Waals surface area contributed by atoms with E-state index < -0.39 is 5.97 Å². The molecule has 2 aromatic heterocycles. The van der Waals surface area contributed by atoms with Gasteiger partial charge in [-0.1, -0.05) is 21.9 Å². The molecule has 1 amide bonds. The van der Waals surface area contributed by atoms with Crippen molar-refractivity contribution in [2.24, 2.45) is 13.0 Å². The zero-order chi connectivity index (χ0) is 27.0. The number of amides is 1. The summed E-state index contributed by atoms with van der Waals surface area (Å²) in [5.41, 5.74) is 4.26. The summed E-state index contributed by atoms with van der Waals surface area (Å²) in [6, 6.07) is 7.84. The molecule has 1 N–H and O–H groups in total. The summed E-state index contributed by atoms with van der Waals surface area (Å²) >= 11 is 3.65. The number of aromatic nitrogens is 3. The Morgan fingerprint density at radius 2 is 2.03 bits per heavy atom. The number of carboxylic acids is 1. The van der Waals surface area contributed by atoms with Crippen LogP contribution in [0.25, 0.3) is 11.0 Å². The maximum atomic E-state index is 13.4. The standard InChI is InChI=1S/C29H31BrN4O4/c1-4-6-26(35)34(24-13-17(2)22(30)16-21(24)19-9-10-19)25-12-11-23-28(31-25)29(32-33(23)3)38-20-8-5-7-18(14-20)15-27(36)37/h11-13,16,18-20H,5,7-10,14-15H2,1-3H3,(H,36,37). The molecule has 0 radical (unpaired) electrons. The molecule has 2 saturated carbocycles. The second-order valence-corrected chi connectivity index (χ2v) is 11.1. The Kier molecular flexibility index (Phi) is 7.44. The number of fused-ring (bicyclic) bond motifs is 1. The van der Waals surface area contributed by atoms with Crippen LogP contribution in [0.4, 0.5) is 11.5 Å². The van der Waals surface area contributed by atoms with Crippen LogP contribution in [0.2, 0.25) is 0 Å². The smallest absolute Gasteiger partial charge is 0.308 e. The Morgan fingerprint density at radius 3 is 2.74 bits per heavy atom. The molecule has 198 valence electrons. The molecule has 2 aliphatic rings. The number of aryl methyl sites for hydroxylation is 2. The molecule has 5 rings (SSSR count). The van der Waals surface area contributed by atoms with Gasteiger partial charge in [0.1, 0.15) is 11.9 Å². The molecule has 8 nitrogen and oxygen atoms in total. The average Bonchev–Trinajstić information content (AvgIpc) is 3.66. The second-order valence-electron chi connectivity index (χ2n) is 10.3. The van der Waals surface area contributed by atoms with E-state index in [9.17, 15) is 14.7 Å². The first kappa shape index (κ1) is 26.2. The van der Waals surface area contributed by atoms with Gasteiger partial charge in [0, 0.05) is 17.9 Å². The molecule has 0 spiro atoms. The number of benzene rings is 1. The van der Waals surface area contributed by atoms with E-state index in [-0.39, 0.29) is 24.3 Å². The number of nitrogens with zero attached hydrogens (tertiary/aromatic N) is 4. The lowest BCUT2D eigenvalue weighted by Crippen LogP contribution is -2.27. The van der Waals surface area contributed by atoms with E-state index in [1.165, 1.54) is 0 Å². The number of carbonyl (C=O) groups is 2. The van der Waals surface area contributed by atoms with Gasteiger partial charge < -0.3 is 9.84 Å². The molecule has 0 saturated heterocycles. The van der Waals surface area contributed by atoms with E-state index in [2.05, 4.69) is 38.9 Å². The zero-order valence-corrected chi connectivity index (χ0v) is 23.4. The van der Waals surface area contributed by atoms with Crippen LogP contribution in [-0.4, -0.2) is 37.9 Å². The number of ether oxygens (including phenoxy) is 1. The fraction of sp³-hybridized carbons (Fsp3) is 0.448. The van der Waals surface area contributed by atoms with Gasteiger partial charge in [0.25, 0.3) is 5.88 Å². The van der Waals surface area contributed by atoms with Crippen molar-refractivity contribution in [3.63, 3.8) is 0 Å². The summed E-state index contributed by atoms with van der Waals surface area (Å²) in [6.45, 7) is 3.65. The van der Waals surface area contributed by atoms with Crippen LogP contribution in [-0.2, 0) is 16.6 Å². The predicted molar refractivity (Wildman–Crippen MR) is 149 cm³/mol. The summed E-state index contributed by atoms with van der Waals surface area (Å²) in [7, 11) is 1.83. The number of halogens is 1. The van der Waals surface area contributed by atoms with Crippen molar-refractivity contribution in [2.45, 2.75) is 70.8 Å². The van der Waals surface area contributed by atoms with Crippen molar-refractivity contribution in [1.82, 2.24) is 14.8 Å². The molecule has 2 unspecified atom stereocenters. The molecule has 0 aliphatic heterocycles. The van der Waals surface area contributed by atoms with Crippen molar-refractivity contribution in [3.8, 4) is 17.7 Å². The van der Waals surface area contributed by atoms with Gasteiger partial charge in [0.05, 0.1) is 11.2 Å². The van der Waals surface area contributed by atoms with Crippen LogP contribution in [0.3, 0.4) is 0 Å². The highest BCUT2D eigenvalue weighted by atomic mass is 79.9. The summed E-state index contributed by atoms with van der Waals surface area (Å²) in [6.07, 6.45) is 5.51. The molecular weight excluding hydrogens is 548 g/mol. The Morgan fingerprint density at radius 1 is 1.24 bits per heavy atom. The van der Waals surface area contributed by atoms with Crippen LogP contribution in [0.15, 0.2) is 28.7 Å². The third kappa shape index (κ3) is 5.41. The highest BCUT2D eigenvalue weighted by molar-refractivity contribution is 9.10. The van der Waals surface area contributed by atoms with E-state index in [1.807, 2.05) is 32.2 Å². The largest absolute Gasteiger partial charge is 0.481 e. The van der Waals surface area contributed by atoms with Crippen LogP contribution in [0.1, 0.15) is 68.9 Å². The number of pyridine rings is 1. The van der Waals surface area contributed by atoms with Crippen molar-refractivity contribution in [3.05, 3.63) is 39.9 Å². The third-order valence-corrected chi connectivity index (χ3v) is 8.21. The quantitative estimate of drug-likeness (QED) is 0.344. The Hall–Kier alpha value is -3.38. The summed E-state index contributed by atoms with van der Waals surface area (Å²) in [5.74, 6) is 5.66. The van der Waals surface area contributed by atoms with Crippen molar-refractivity contribution >= 4 is 50.3 Å². The minimum absolute atomic E-state index is 0.0898. The van der Waals surface area contributed by atoms with Crippen molar-refractivity contribution in [2.75, 3.05) is 4.90 Å². The Balaban J connectivity index is 1.55. The molecule has 2 aliphatic carbocycles. The van der Waals surface area contributed by atoms with Crippen LogP contribution >= 0.6 is 15.9 Å². The molecular formula is C29H31BrN4O4. The number of carbonyl (C=O) groups excluding carboxylic acids is 1. The predicted octanol–water partition coefficient (Wildman–Crippen LogP) is 6.02. The normalized spacial score (nSPS) is 19.1. The van der Waals surface area contributed by atoms with Gasteiger partial charge in [-0.05, 0) is 106 Å². The van der Waals surface area contributed by atoms with Gasteiger partial charge in [-0.3, -0.25) is 19.2 Å². The lowest BCUT2D eigenvalue weighted by molar-refractivity contribution is -0.138. The van der Waals surface area contributed by atoms with Crippen LogP contribution in [0.5, 0.6) is 5.88 Å². The molecule has 2 atom stereocenters. The van der Waals surface area contributed by atoms with Gasteiger partial charge >= 0.3 is 11.9 Å². The number of aliphatic carboxylic acids is 1. The molecule has 2 heterocycles. The first-order chi connectivity index (χ1) is 18.2. The maximum Gasteiger partial charge on any atom is 0.308 e. The highest BCUT2D eigenvalue weighted by Gasteiger charge is 2.32. The Labute approximate surface area is 230 Å². The van der Waals surface area contributed by atoms with E-state index in [0.29, 0.717) is 29.6 Å². The van der Waals surface area contributed by atoms with Crippen LogP contribution in [0, 0.1) is 24.7 Å². The number of carboxylic acid groups (broad SMARTS) is 1. The molecule has 1 aromatic carbocycles. The fourth-order valence-electron chi connectivity index (χ4n) is 5.34. The number of anilines is 2. The number of hydrogen-bond donors (Lipinski definition) is 1. The van der Waals surface area contributed by atoms with Gasteiger partial charge in [-0.25, -0.2) is 4.98 Å². The van der Waals surface area contributed by atoms with E-state index >= 15 is 0 Å². The SMILES string of the molecule is CC#CC(=O)N(c1ccc2c(n1)c(OC1CCCC(CC(=O)O)C1)nn2C)c1cc(C)c(Br)cc1C1CC1. The summed E-state index contributed by atoms with van der Waals surface area (Å²) in [5, 5.41) is 13.8. The van der Waals surface area contributed by atoms with Crippen molar-refractivity contribution < 1.29 is 19.4 Å². The highest BCUT2D eigenvalue weighted by Crippen LogP contribution is 2.47. The topological polar surface area (TPSA) is 97.6 Å². The summed E-state index contributed by atoms with van der Waals surface area (Å²) in [4.78, 5) is 31.1. The first-order valence-electron chi connectivity index (χ1n) is 13.0. The lowest BCUT2D eigenvalue weighted by Gasteiger charge is -2.28. The Bertz CT molecular complexity index is 1470. The molecule has 9 heteroatoms. The fourth-order valence-corrected chi connectivity index (χ4v) is 5.70. The number of hydrogen-bond acceptors (Lipinski definition) is 5. The minimum atomic E-state index is -0.779. The molecule has 38 heavy (non-hydrogen) atoms.